The van der Waals surface area contributed by atoms with E-state index in [9.17, 15) is 19.7 Å². The number of carboxylic acid groups (broad SMARTS) is 1. The Bertz CT molecular complexity index is 572. The van der Waals surface area contributed by atoms with Gasteiger partial charge in [-0.2, -0.15) is 0 Å². The molecule has 0 aliphatic carbocycles. The van der Waals surface area contributed by atoms with Gasteiger partial charge in [0.05, 0.1) is 12.0 Å². The van der Waals surface area contributed by atoms with E-state index in [0.717, 1.165) is 4.90 Å². The minimum Gasteiger partial charge on any atom is -0.496 e. The summed E-state index contributed by atoms with van der Waals surface area (Å²) in [5.41, 5.74) is -0.682. The van der Waals surface area contributed by atoms with Crippen molar-refractivity contribution in [3.8, 4) is 5.75 Å². The van der Waals surface area contributed by atoms with Crippen LogP contribution < -0.4 is 4.74 Å². The fourth-order valence-corrected chi connectivity index (χ4v) is 1.99. The molecule has 8 nitrogen and oxygen atoms in total. The molecule has 8 heteroatoms. The summed E-state index contributed by atoms with van der Waals surface area (Å²) < 4.78 is 4.98. The standard InChI is InChI=1S/C13H16N2O6/c1-4-8(13(17)18)14(2)12(16)11-9(15(19)20)6-5-7-10(11)21-3/h5-8H,4H2,1-3H3,(H,17,18). The molecule has 0 fully saturated rings. The van der Waals surface area contributed by atoms with Crippen molar-refractivity contribution in [3.05, 3.63) is 33.9 Å². The fraction of sp³-hybridized carbons (Fsp3) is 0.385. The van der Waals surface area contributed by atoms with Gasteiger partial charge in [0, 0.05) is 13.1 Å². The van der Waals surface area contributed by atoms with Crippen LogP contribution in [-0.2, 0) is 4.79 Å². The van der Waals surface area contributed by atoms with Crippen LogP contribution in [0.2, 0.25) is 0 Å². The number of likely N-dealkylation sites (N-methyl/N-ethyl adjacent to an activating group) is 1. The molecular weight excluding hydrogens is 280 g/mol. The van der Waals surface area contributed by atoms with Crippen molar-refractivity contribution in [2.45, 2.75) is 19.4 Å². The first-order valence-corrected chi connectivity index (χ1v) is 6.16. The second kappa shape index (κ2) is 6.69. The number of carbonyl (C=O) groups is 2. The third-order valence-electron chi connectivity index (χ3n) is 3.09. The predicted molar refractivity (Wildman–Crippen MR) is 73.5 cm³/mol. The van der Waals surface area contributed by atoms with Crippen LogP contribution in [0.4, 0.5) is 5.69 Å². The van der Waals surface area contributed by atoms with Crippen LogP contribution in [0.15, 0.2) is 18.2 Å². The third-order valence-corrected chi connectivity index (χ3v) is 3.09. The van der Waals surface area contributed by atoms with Gasteiger partial charge >= 0.3 is 5.97 Å². The Hall–Kier alpha value is -2.64. The lowest BCUT2D eigenvalue weighted by Gasteiger charge is -2.24. The summed E-state index contributed by atoms with van der Waals surface area (Å²) in [5.74, 6) is -1.92. The Balaban J connectivity index is 3.35. The van der Waals surface area contributed by atoms with Crippen molar-refractivity contribution in [3.63, 3.8) is 0 Å². The highest BCUT2D eigenvalue weighted by atomic mass is 16.6. The second-order valence-corrected chi connectivity index (χ2v) is 4.29. The molecule has 114 valence electrons. The quantitative estimate of drug-likeness (QED) is 0.629. The van der Waals surface area contributed by atoms with Gasteiger partial charge in [-0.15, -0.1) is 0 Å². The van der Waals surface area contributed by atoms with E-state index < -0.39 is 28.5 Å². The van der Waals surface area contributed by atoms with E-state index in [4.69, 9.17) is 9.84 Å². The second-order valence-electron chi connectivity index (χ2n) is 4.29. The molecule has 0 radical (unpaired) electrons. The molecule has 0 aromatic heterocycles. The molecule has 0 saturated heterocycles. The first-order valence-electron chi connectivity index (χ1n) is 6.16. The molecule has 1 aromatic rings. The summed E-state index contributed by atoms with van der Waals surface area (Å²) in [5, 5.41) is 20.1. The zero-order chi connectivity index (χ0) is 16.2. The number of rotatable bonds is 6. The summed E-state index contributed by atoms with van der Waals surface area (Å²) in [6, 6.07) is 2.91. The van der Waals surface area contributed by atoms with Gasteiger partial charge in [-0.05, 0) is 12.5 Å². The molecule has 0 aliphatic rings. The molecule has 1 amide bonds. The van der Waals surface area contributed by atoms with E-state index in [1.165, 1.54) is 32.4 Å². The van der Waals surface area contributed by atoms with Crippen LogP contribution in [0.1, 0.15) is 23.7 Å². The normalized spacial score (nSPS) is 11.6. The topological polar surface area (TPSA) is 110 Å². The third kappa shape index (κ3) is 3.28. The molecule has 0 bridgehead atoms. The summed E-state index contributed by atoms with van der Waals surface area (Å²) in [4.78, 5) is 34.9. The van der Waals surface area contributed by atoms with Crippen molar-refractivity contribution in [2.24, 2.45) is 0 Å². The minimum atomic E-state index is -1.18. The van der Waals surface area contributed by atoms with Gasteiger partial charge in [-0.1, -0.05) is 13.0 Å². The zero-order valence-electron chi connectivity index (χ0n) is 11.9. The van der Waals surface area contributed by atoms with E-state index in [0.29, 0.717) is 0 Å². The van der Waals surface area contributed by atoms with Crippen molar-refractivity contribution < 1.29 is 24.4 Å². The lowest BCUT2D eigenvalue weighted by Crippen LogP contribution is -2.42. The minimum absolute atomic E-state index is 0.0290. The average molecular weight is 296 g/mol. The number of benzene rings is 1. The molecule has 0 aliphatic heterocycles. The monoisotopic (exact) mass is 296 g/mol. The number of hydrogen-bond acceptors (Lipinski definition) is 5. The lowest BCUT2D eigenvalue weighted by molar-refractivity contribution is -0.385. The van der Waals surface area contributed by atoms with Gasteiger partial charge in [0.25, 0.3) is 11.6 Å². The zero-order valence-corrected chi connectivity index (χ0v) is 11.9. The Labute approximate surface area is 121 Å². The number of nitro benzene ring substituents is 1. The number of methoxy groups -OCH3 is 1. The van der Waals surface area contributed by atoms with E-state index in [2.05, 4.69) is 0 Å². The van der Waals surface area contributed by atoms with Crippen LogP contribution in [0.3, 0.4) is 0 Å². The van der Waals surface area contributed by atoms with Gasteiger partial charge in [-0.25, -0.2) is 4.79 Å². The number of hydrogen-bond donors (Lipinski definition) is 1. The largest absolute Gasteiger partial charge is 0.496 e. The Kier molecular flexibility index (Phi) is 5.23. The van der Waals surface area contributed by atoms with Gasteiger partial charge in [0.15, 0.2) is 5.56 Å². The molecule has 0 heterocycles. The van der Waals surface area contributed by atoms with Crippen molar-refractivity contribution in [1.29, 1.82) is 0 Å². The summed E-state index contributed by atoms with van der Waals surface area (Å²) in [6.45, 7) is 1.61. The highest BCUT2D eigenvalue weighted by Crippen LogP contribution is 2.29. The summed E-state index contributed by atoms with van der Waals surface area (Å²) >= 11 is 0. The van der Waals surface area contributed by atoms with Gasteiger partial charge in [0.1, 0.15) is 11.8 Å². The first-order chi connectivity index (χ1) is 9.84. The molecule has 21 heavy (non-hydrogen) atoms. The van der Waals surface area contributed by atoms with Crippen molar-refractivity contribution in [1.82, 2.24) is 4.90 Å². The maximum Gasteiger partial charge on any atom is 0.326 e. The number of amides is 1. The highest BCUT2D eigenvalue weighted by molar-refractivity contribution is 6.02. The Morgan fingerprint density at radius 1 is 1.48 bits per heavy atom. The number of nitro groups is 1. The molecule has 1 unspecified atom stereocenters. The molecule has 1 N–H and O–H groups in total. The number of carboxylic acids is 1. The van der Waals surface area contributed by atoms with Gasteiger partial charge in [-0.3, -0.25) is 14.9 Å². The molecular formula is C13H16N2O6. The maximum absolute atomic E-state index is 12.4. The van der Waals surface area contributed by atoms with Crippen LogP contribution in [0.25, 0.3) is 0 Å². The molecule has 1 atom stereocenters. The van der Waals surface area contributed by atoms with Crippen molar-refractivity contribution in [2.75, 3.05) is 14.2 Å². The Morgan fingerprint density at radius 3 is 2.52 bits per heavy atom. The predicted octanol–water partition coefficient (Wildman–Crippen LogP) is 1.54. The number of carbonyl (C=O) groups excluding carboxylic acids is 1. The van der Waals surface area contributed by atoms with E-state index in [-0.39, 0.29) is 17.7 Å². The van der Waals surface area contributed by atoms with Crippen LogP contribution in [0, 0.1) is 10.1 Å². The maximum atomic E-state index is 12.4. The number of aliphatic carboxylic acids is 1. The first kappa shape index (κ1) is 16.4. The average Bonchev–Trinajstić information content (AvgIpc) is 2.45. The molecule has 1 aromatic carbocycles. The highest BCUT2D eigenvalue weighted by Gasteiger charge is 2.32. The summed E-state index contributed by atoms with van der Waals surface area (Å²) in [7, 11) is 2.57. The SMILES string of the molecule is CCC(C(=O)O)N(C)C(=O)c1c(OC)cccc1[N+](=O)[O-]. The van der Waals surface area contributed by atoms with Crippen LogP contribution in [0.5, 0.6) is 5.75 Å². The summed E-state index contributed by atoms with van der Waals surface area (Å²) in [6.07, 6.45) is 0.181. The molecule has 1 rings (SSSR count). The van der Waals surface area contributed by atoms with E-state index >= 15 is 0 Å². The smallest absolute Gasteiger partial charge is 0.326 e. The van der Waals surface area contributed by atoms with Gasteiger partial charge in [0.2, 0.25) is 0 Å². The van der Waals surface area contributed by atoms with E-state index in [1.54, 1.807) is 6.92 Å². The van der Waals surface area contributed by atoms with E-state index in [1.807, 2.05) is 0 Å². The Morgan fingerprint density at radius 2 is 2.10 bits per heavy atom. The number of nitrogens with zero attached hydrogens (tertiary/aromatic N) is 2. The number of ether oxygens (including phenoxy) is 1. The van der Waals surface area contributed by atoms with Crippen molar-refractivity contribution >= 4 is 17.6 Å². The van der Waals surface area contributed by atoms with Crippen LogP contribution >= 0.6 is 0 Å². The molecule has 0 spiro atoms. The lowest BCUT2D eigenvalue weighted by atomic mass is 10.1. The van der Waals surface area contributed by atoms with Crippen LogP contribution in [-0.4, -0.2) is 47.0 Å². The van der Waals surface area contributed by atoms with Gasteiger partial charge < -0.3 is 14.7 Å². The fourth-order valence-electron chi connectivity index (χ4n) is 1.99. The molecule has 0 saturated carbocycles.